The van der Waals surface area contributed by atoms with Crippen LogP contribution in [-0.2, 0) is 4.79 Å². The van der Waals surface area contributed by atoms with Crippen molar-refractivity contribution in [3.8, 4) is 0 Å². The quantitative estimate of drug-likeness (QED) is 0.882. The molecule has 2 aromatic rings. The van der Waals surface area contributed by atoms with E-state index < -0.39 is 0 Å². The Morgan fingerprint density at radius 1 is 1.24 bits per heavy atom. The zero-order valence-electron chi connectivity index (χ0n) is 12.1. The molecule has 1 saturated carbocycles. The molecule has 0 spiro atoms. The van der Waals surface area contributed by atoms with Crippen LogP contribution in [0.4, 0.5) is 0 Å². The Bertz CT molecular complexity index is 653. The van der Waals surface area contributed by atoms with Gasteiger partial charge in [-0.25, -0.2) is 9.97 Å². The number of hydrogen-bond acceptors (Lipinski definition) is 4. The summed E-state index contributed by atoms with van der Waals surface area (Å²) in [7, 11) is 0. The summed E-state index contributed by atoms with van der Waals surface area (Å²) in [5.74, 6) is 0.505. The summed E-state index contributed by atoms with van der Waals surface area (Å²) in [6.07, 6.45) is 4.69. The predicted octanol–water partition coefficient (Wildman–Crippen LogP) is 3.09. The van der Waals surface area contributed by atoms with Gasteiger partial charge in [-0.05, 0) is 31.9 Å². The van der Waals surface area contributed by atoms with Crippen molar-refractivity contribution in [3.05, 3.63) is 30.0 Å². The van der Waals surface area contributed by atoms with Gasteiger partial charge >= 0.3 is 0 Å². The molecular weight excluding hydrogens is 282 g/mol. The maximum atomic E-state index is 12.0. The van der Waals surface area contributed by atoms with Crippen LogP contribution in [0.3, 0.4) is 0 Å². The van der Waals surface area contributed by atoms with Crippen molar-refractivity contribution in [2.45, 2.75) is 43.7 Å². The van der Waals surface area contributed by atoms with Gasteiger partial charge in [0.1, 0.15) is 5.03 Å². The van der Waals surface area contributed by atoms with Crippen LogP contribution < -0.4 is 5.32 Å². The topological polar surface area (TPSA) is 54.9 Å². The van der Waals surface area contributed by atoms with Crippen molar-refractivity contribution >= 4 is 28.7 Å². The molecule has 1 aromatic carbocycles. The molecule has 1 heterocycles. The lowest BCUT2D eigenvalue weighted by Crippen LogP contribution is -2.33. The Morgan fingerprint density at radius 3 is 2.62 bits per heavy atom. The molecule has 0 saturated heterocycles. The Balaban J connectivity index is 1.64. The average Bonchev–Trinajstić information content (AvgIpc) is 2.98. The van der Waals surface area contributed by atoms with E-state index in [1.54, 1.807) is 0 Å². The monoisotopic (exact) mass is 301 g/mol. The zero-order chi connectivity index (χ0) is 14.7. The van der Waals surface area contributed by atoms with E-state index in [-0.39, 0.29) is 5.91 Å². The van der Waals surface area contributed by atoms with Crippen LogP contribution in [0.2, 0.25) is 0 Å². The van der Waals surface area contributed by atoms with Gasteiger partial charge in [0.2, 0.25) is 5.91 Å². The molecule has 5 heteroatoms. The number of carbonyl (C=O) groups excluding carboxylic acids is 1. The van der Waals surface area contributed by atoms with E-state index in [4.69, 9.17) is 0 Å². The number of benzene rings is 1. The van der Waals surface area contributed by atoms with Crippen LogP contribution in [0, 0.1) is 6.92 Å². The van der Waals surface area contributed by atoms with Gasteiger partial charge in [0, 0.05) is 6.04 Å². The fourth-order valence-electron chi connectivity index (χ4n) is 2.68. The van der Waals surface area contributed by atoms with Crippen LogP contribution >= 0.6 is 11.8 Å². The molecule has 1 N–H and O–H groups in total. The summed E-state index contributed by atoms with van der Waals surface area (Å²) in [5, 5.41) is 3.94. The smallest absolute Gasteiger partial charge is 0.230 e. The molecule has 21 heavy (non-hydrogen) atoms. The highest BCUT2D eigenvalue weighted by atomic mass is 32.2. The maximum Gasteiger partial charge on any atom is 0.230 e. The molecule has 110 valence electrons. The van der Waals surface area contributed by atoms with Crippen molar-refractivity contribution in [1.29, 1.82) is 0 Å². The van der Waals surface area contributed by atoms with Crippen molar-refractivity contribution in [3.63, 3.8) is 0 Å². The van der Waals surface area contributed by atoms with Crippen molar-refractivity contribution in [1.82, 2.24) is 15.3 Å². The van der Waals surface area contributed by atoms with Gasteiger partial charge in [-0.1, -0.05) is 36.7 Å². The Morgan fingerprint density at radius 2 is 1.90 bits per heavy atom. The van der Waals surface area contributed by atoms with Crippen LogP contribution in [-0.4, -0.2) is 27.7 Å². The molecule has 1 aliphatic rings. The zero-order valence-corrected chi connectivity index (χ0v) is 12.9. The number of aryl methyl sites for hydroxylation is 1. The molecule has 0 aliphatic heterocycles. The largest absolute Gasteiger partial charge is 0.353 e. The molecule has 1 aliphatic carbocycles. The predicted molar refractivity (Wildman–Crippen MR) is 85.4 cm³/mol. The lowest BCUT2D eigenvalue weighted by atomic mass is 10.2. The molecule has 0 unspecified atom stereocenters. The van der Waals surface area contributed by atoms with Gasteiger partial charge in [-0.3, -0.25) is 4.79 Å². The van der Waals surface area contributed by atoms with E-state index in [2.05, 4.69) is 15.3 Å². The van der Waals surface area contributed by atoms with Gasteiger partial charge in [0.05, 0.1) is 22.5 Å². The average molecular weight is 301 g/mol. The van der Waals surface area contributed by atoms with Crippen LogP contribution in [0.25, 0.3) is 11.0 Å². The van der Waals surface area contributed by atoms with Crippen LogP contribution in [0.15, 0.2) is 29.3 Å². The van der Waals surface area contributed by atoms with Crippen molar-refractivity contribution < 1.29 is 4.79 Å². The van der Waals surface area contributed by atoms with Gasteiger partial charge in [-0.2, -0.15) is 0 Å². The minimum atomic E-state index is 0.0984. The third-order valence-corrected chi connectivity index (χ3v) is 4.83. The molecule has 0 radical (unpaired) electrons. The van der Waals surface area contributed by atoms with Crippen LogP contribution in [0.5, 0.6) is 0 Å². The molecular formula is C16H19N3OS. The molecule has 4 nitrogen and oxygen atoms in total. The van der Waals surface area contributed by atoms with E-state index in [0.29, 0.717) is 11.8 Å². The number of aromatic nitrogens is 2. The van der Waals surface area contributed by atoms with Crippen molar-refractivity contribution in [2.75, 3.05) is 5.75 Å². The van der Waals surface area contributed by atoms with Crippen molar-refractivity contribution in [2.24, 2.45) is 0 Å². The van der Waals surface area contributed by atoms with E-state index in [0.717, 1.165) is 34.6 Å². The van der Waals surface area contributed by atoms with Gasteiger partial charge in [-0.15, -0.1) is 0 Å². The first-order valence-electron chi connectivity index (χ1n) is 7.38. The summed E-state index contributed by atoms with van der Waals surface area (Å²) in [5.41, 5.74) is 2.66. The maximum absolute atomic E-state index is 12.0. The number of fused-ring (bicyclic) bond motifs is 1. The number of rotatable bonds is 4. The number of amides is 1. The molecule has 3 rings (SSSR count). The summed E-state index contributed by atoms with van der Waals surface area (Å²) in [4.78, 5) is 21.1. The first-order valence-corrected chi connectivity index (χ1v) is 8.36. The van der Waals surface area contributed by atoms with E-state index in [1.807, 2.05) is 31.2 Å². The molecule has 1 aromatic heterocycles. The fraction of sp³-hybridized carbons (Fsp3) is 0.438. The summed E-state index contributed by atoms with van der Waals surface area (Å²) in [6.45, 7) is 1.94. The molecule has 1 amide bonds. The number of hydrogen-bond donors (Lipinski definition) is 1. The molecule has 1 fully saturated rings. The molecule has 0 bridgehead atoms. The standard InChI is InChI=1S/C16H19N3OS/c1-11-16(19-14-9-5-4-8-13(14)17-11)21-10-15(20)18-12-6-2-3-7-12/h4-5,8-9,12H,2-3,6-7,10H2,1H3,(H,18,20). The number of nitrogens with zero attached hydrogens (tertiary/aromatic N) is 2. The number of para-hydroxylation sites is 2. The highest BCUT2D eigenvalue weighted by Crippen LogP contribution is 2.22. The van der Waals surface area contributed by atoms with Crippen LogP contribution in [0.1, 0.15) is 31.4 Å². The normalized spacial score (nSPS) is 15.5. The van der Waals surface area contributed by atoms with Gasteiger partial charge in [0.15, 0.2) is 0 Å². The minimum absolute atomic E-state index is 0.0984. The van der Waals surface area contributed by atoms with E-state index in [1.165, 1.54) is 24.6 Å². The second-order valence-electron chi connectivity index (χ2n) is 5.44. The third-order valence-electron chi connectivity index (χ3n) is 3.76. The first-order chi connectivity index (χ1) is 10.2. The third kappa shape index (κ3) is 3.53. The van der Waals surface area contributed by atoms with Gasteiger partial charge in [0.25, 0.3) is 0 Å². The number of thioether (sulfide) groups is 1. The highest BCUT2D eigenvalue weighted by molar-refractivity contribution is 7.99. The Hall–Kier alpha value is -1.62. The summed E-state index contributed by atoms with van der Waals surface area (Å²) < 4.78 is 0. The summed E-state index contributed by atoms with van der Waals surface area (Å²) >= 11 is 1.47. The van der Waals surface area contributed by atoms with E-state index in [9.17, 15) is 4.79 Å². The first kappa shape index (κ1) is 14.3. The second kappa shape index (κ2) is 6.43. The minimum Gasteiger partial charge on any atom is -0.353 e. The SMILES string of the molecule is Cc1nc2ccccc2nc1SCC(=O)NC1CCCC1. The lowest BCUT2D eigenvalue weighted by molar-refractivity contribution is -0.119. The number of nitrogens with one attached hydrogen (secondary N) is 1. The fourth-order valence-corrected chi connectivity index (χ4v) is 3.45. The second-order valence-corrected chi connectivity index (χ2v) is 6.40. The molecule has 0 atom stereocenters. The lowest BCUT2D eigenvalue weighted by Gasteiger charge is -2.11. The van der Waals surface area contributed by atoms with E-state index >= 15 is 0 Å². The highest BCUT2D eigenvalue weighted by Gasteiger charge is 2.17. The van der Waals surface area contributed by atoms with Gasteiger partial charge < -0.3 is 5.32 Å². The number of carbonyl (C=O) groups is 1. The Labute approximate surface area is 128 Å². The Kier molecular flexibility index (Phi) is 4.39. The summed E-state index contributed by atoms with van der Waals surface area (Å²) in [6, 6.07) is 8.19.